The number of rotatable bonds is 5. The molecule has 1 N–H and O–H groups in total. The summed E-state index contributed by atoms with van der Waals surface area (Å²) in [6.07, 6.45) is 4.94. The topological polar surface area (TPSA) is 110 Å². The van der Waals surface area contributed by atoms with Gasteiger partial charge in [-0.15, -0.1) is 0 Å². The molecule has 0 aromatic carbocycles. The van der Waals surface area contributed by atoms with Gasteiger partial charge in [0.15, 0.2) is 5.69 Å². The Morgan fingerprint density at radius 3 is 2.50 bits per heavy atom. The monoisotopic (exact) mass is 468 g/mol. The lowest BCUT2D eigenvalue weighted by Gasteiger charge is -2.41. The van der Waals surface area contributed by atoms with Crippen molar-refractivity contribution in [3.8, 4) is 0 Å². The number of hydrogen-bond acceptors (Lipinski definition) is 9. The molecule has 2 bridgehead atoms. The fourth-order valence-corrected chi connectivity index (χ4v) is 4.47. The molecule has 2 saturated heterocycles. The van der Waals surface area contributed by atoms with Crippen LogP contribution in [0.25, 0.3) is 0 Å². The molecule has 2 atom stereocenters. The third-order valence-electron chi connectivity index (χ3n) is 5.85. The van der Waals surface area contributed by atoms with Crippen molar-refractivity contribution in [1.29, 1.82) is 0 Å². The number of aryl methyl sites for hydroxylation is 1. The highest BCUT2D eigenvalue weighted by Gasteiger charge is 2.44. The lowest BCUT2D eigenvalue weighted by atomic mass is 10.2. The maximum Gasteiger partial charge on any atom is 0.410 e. The standard InChI is InChI=1S/C24H32N6O4/c1-6-33-21(31)20-15(2)11-16(12-26-20)27-22-25-10-9-19(28-22)29-13-17-7-8-18(14-29)30(17)23(32)34-24(3,4)5/h9-12,17-18H,6-8,13-14H2,1-5H3,(H,25,27,28)/t17-,18+. The van der Waals surface area contributed by atoms with E-state index in [4.69, 9.17) is 9.47 Å². The van der Waals surface area contributed by atoms with Gasteiger partial charge in [0.2, 0.25) is 5.95 Å². The van der Waals surface area contributed by atoms with Gasteiger partial charge in [0, 0.05) is 19.3 Å². The van der Waals surface area contributed by atoms with Crippen LogP contribution in [-0.4, -0.2) is 69.3 Å². The van der Waals surface area contributed by atoms with Crippen LogP contribution in [0.4, 0.5) is 22.2 Å². The van der Waals surface area contributed by atoms with Crippen molar-refractivity contribution in [2.45, 2.75) is 65.1 Å². The van der Waals surface area contributed by atoms with Crippen LogP contribution in [0.15, 0.2) is 24.5 Å². The van der Waals surface area contributed by atoms with E-state index in [9.17, 15) is 9.59 Å². The van der Waals surface area contributed by atoms with Crippen LogP contribution in [-0.2, 0) is 9.47 Å². The maximum absolute atomic E-state index is 12.7. The molecule has 10 heteroatoms. The Labute approximate surface area is 199 Å². The van der Waals surface area contributed by atoms with Crippen LogP contribution in [0.2, 0.25) is 0 Å². The third-order valence-corrected chi connectivity index (χ3v) is 5.85. The van der Waals surface area contributed by atoms with E-state index in [-0.39, 0.29) is 18.2 Å². The van der Waals surface area contributed by atoms with Gasteiger partial charge in [-0.2, -0.15) is 4.98 Å². The first-order valence-corrected chi connectivity index (χ1v) is 11.6. The fraction of sp³-hybridized carbons (Fsp3) is 0.542. The van der Waals surface area contributed by atoms with E-state index in [0.29, 0.717) is 42.6 Å². The number of pyridine rings is 1. The highest BCUT2D eigenvalue weighted by Crippen LogP contribution is 2.33. The minimum atomic E-state index is -0.511. The zero-order chi connectivity index (χ0) is 24.5. The maximum atomic E-state index is 12.7. The lowest BCUT2D eigenvalue weighted by molar-refractivity contribution is 0.0122. The minimum Gasteiger partial charge on any atom is -0.461 e. The summed E-state index contributed by atoms with van der Waals surface area (Å²) in [5, 5.41) is 3.17. The second kappa shape index (κ2) is 9.44. The van der Waals surface area contributed by atoms with Crippen molar-refractivity contribution in [2.75, 3.05) is 29.9 Å². The summed E-state index contributed by atoms with van der Waals surface area (Å²) in [6.45, 7) is 10.9. The van der Waals surface area contributed by atoms with Gasteiger partial charge in [-0.1, -0.05) is 0 Å². The number of nitrogens with zero attached hydrogens (tertiary/aromatic N) is 5. The number of carbonyl (C=O) groups excluding carboxylic acids is 2. The Morgan fingerprint density at radius 2 is 1.88 bits per heavy atom. The van der Waals surface area contributed by atoms with Gasteiger partial charge < -0.3 is 19.7 Å². The third kappa shape index (κ3) is 5.21. The normalized spacial score (nSPS) is 19.7. The van der Waals surface area contributed by atoms with E-state index < -0.39 is 11.6 Å². The summed E-state index contributed by atoms with van der Waals surface area (Å²) in [7, 11) is 0. The minimum absolute atomic E-state index is 0.0993. The van der Waals surface area contributed by atoms with E-state index in [0.717, 1.165) is 18.7 Å². The Bertz CT molecular complexity index is 1060. The zero-order valence-corrected chi connectivity index (χ0v) is 20.4. The number of hydrogen-bond donors (Lipinski definition) is 1. The molecule has 2 aliphatic heterocycles. The average molecular weight is 469 g/mol. The van der Waals surface area contributed by atoms with Gasteiger partial charge in [-0.05, 0) is 65.2 Å². The van der Waals surface area contributed by atoms with Crippen molar-refractivity contribution >= 4 is 29.5 Å². The highest BCUT2D eigenvalue weighted by atomic mass is 16.6. The van der Waals surface area contributed by atoms with Crippen molar-refractivity contribution in [3.05, 3.63) is 35.8 Å². The van der Waals surface area contributed by atoms with Gasteiger partial charge in [-0.3, -0.25) is 4.90 Å². The van der Waals surface area contributed by atoms with E-state index in [1.165, 1.54) is 0 Å². The zero-order valence-electron chi connectivity index (χ0n) is 20.4. The number of anilines is 3. The molecule has 0 unspecified atom stereocenters. The lowest BCUT2D eigenvalue weighted by Crippen LogP contribution is -2.57. The summed E-state index contributed by atoms with van der Waals surface area (Å²) >= 11 is 0. The molecule has 2 aromatic rings. The second-order valence-corrected chi connectivity index (χ2v) is 9.65. The molecular formula is C24H32N6O4. The highest BCUT2D eigenvalue weighted by molar-refractivity contribution is 5.89. The largest absolute Gasteiger partial charge is 0.461 e. The van der Waals surface area contributed by atoms with Crippen molar-refractivity contribution in [2.24, 2.45) is 0 Å². The molecule has 4 heterocycles. The number of ether oxygens (including phenoxy) is 2. The van der Waals surface area contributed by atoms with Crippen LogP contribution < -0.4 is 10.2 Å². The number of amides is 1. The predicted octanol–water partition coefficient (Wildman–Crippen LogP) is 3.69. The van der Waals surface area contributed by atoms with E-state index in [2.05, 4.69) is 25.2 Å². The summed E-state index contributed by atoms with van der Waals surface area (Å²) in [4.78, 5) is 42.0. The van der Waals surface area contributed by atoms with Gasteiger partial charge in [-0.25, -0.2) is 19.6 Å². The number of carbonyl (C=O) groups is 2. The second-order valence-electron chi connectivity index (χ2n) is 9.65. The first-order chi connectivity index (χ1) is 16.1. The quantitative estimate of drug-likeness (QED) is 0.657. The van der Waals surface area contributed by atoms with Crippen LogP contribution in [0.1, 0.15) is 56.6 Å². The first kappa shape index (κ1) is 23.7. The van der Waals surface area contributed by atoms with Crippen molar-refractivity contribution in [3.63, 3.8) is 0 Å². The molecule has 1 amide bonds. The fourth-order valence-electron chi connectivity index (χ4n) is 4.47. The summed E-state index contributed by atoms with van der Waals surface area (Å²) < 4.78 is 10.7. The van der Waals surface area contributed by atoms with Gasteiger partial charge in [0.25, 0.3) is 0 Å². The Kier molecular flexibility index (Phi) is 6.58. The number of nitrogens with one attached hydrogen (secondary N) is 1. The van der Waals surface area contributed by atoms with E-state index in [1.54, 1.807) is 19.3 Å². The van der Waals surface area contributed by atoms with Gasteiger partial charge in [0.1, 0.15) is 11.4 Å². The number of piperazine rings is 1. The van der Waals surface area contributed by atoms with E-state index >= 15 is 0 Å². The molecule has 2 fully saturated rings. The van der Waals surface area contributed by atoms with E-state index in [1.807, 2.05) is 44.7 Å². The van der Waals surface area contributed by atoms with Crippen LogP contribution in [0.5, 0.6) is 0 Å². The van der Waals surface area contributed by atoms with Crippen LogP contribution >= 0.6 is 0 Å². The van der Waals surface area contributed by atoms with Crippen molar-refractivity contribution < 1.29 is 19.1 Å². The molecule has 0 aliphatic carbocycles. The summed E-state index contributed by atoms with van der Waals surface area (Å²) in [5.74, 6) is 0.792. The molecule has 34 heavy (non-hydrogen) atoms. The predicted molar refractivity (Wildman–Crippen MR) is 127 cm³/mol. The molecule has 4 rings (SSSR count). The van der Waals surface area contributed by atoms with Gasteiger partial charge in [0.05, 0.1) is 30.6 Å². The average Bonchev–Trinajstić information content (AvgIpc) is 3.03. The summed E-state index contributed by atoms with van der Waals surface area (Å²) in [5.41, 5.74) is 1.16. The van der Waals surface area contributed by atoms with Gasteiger partial charge >= 0.3 is 12.1 Å². The molecule has 10 nitrogen and oxygen atoms in total. The molecule has 182 valence electrons. The Hall–Kier alpha value is -3.43. The van der Waals surface area contributed by atoms with Crippen LogP contribution in [0.3, 0.4) is 0 Å². The SMILES string of the molecule is CCOC(=O)c1ncc(Nc2nccc(N3C[C@H]4CC[C@@H](C3)N4C(=O)OC(C)(C)C)n2)cc1C. The number of esters is 1. The molecule has 0 saturated carbocycles. The number of aromatic nitrogens is 3. The molecule has 0 spiro atoms. The molecular weight excluding hydrogens is 436 g/mol. The Balaban J connectivity index is 1.44. The molecule has 2 aliphatic rings. The van der Waals surface area contributed by atoms with Crippen molar-refractivity contribution in [1.82, 2.24) is 19.9 Å². The van der Waals surface area contributed by atoms with Crippen LogP contribution in [0, 0.1) is 6.92 Å². The molecule has 2 aromatic heterocycles. The molecule has 0 radical (unpaired) electrons. The first-order valence-electron chi connectivity index (χ1n) is 11.6. The smallest absolute Gasteiger partial charge is 0.410 e. The Morgan fingerprint density at radius 1 is 1.18 bits per heavy atom. The summed E-state index contributed by atoms with van der Waals surface area (Å²) in [6, 6.07) is 3.89. The number of fused-ring (bicyclic) bond motifs is 2.